The van der Waals surface area contributed by atoms with Crippen molar-refractivity contribution in [3.8, 4) is 0 Å². The summed E-state index contributed by atoms with van der Waals surface area (Å²) in [6.45, 7) is 1.41. The second-order valence-corrected chi connectivity index (χ2v) is 5.19. The van der Waals surface area contributed by atoms with E-state index in [9.17, 15) is 9.59 Å². The number of esters is 1. The SMILES string of the molecule is CC(=O)O[C@@H]1CCC(=O)[C@]12CCc1ccccc12. The van der Waals surface area contributed by atoms with Crippen LogP contribution in [0.3, 0.4) is 0 Å². The van der Waals surface area contributed by atoms with Gasteiger partial charge in [-0.15, -0.1) is 0 Å². The second kappa shape index (κ2) is 3.94. The van der Waals surface area contributed by atoms with Gasteiger partial charge in [0.2, 0.25) is 0 Å². The van der Waals surface area contributed by atoms with Crippen molar-refractivity contribution >= 4 is 11.8 Å². The summed E-state index contributed by atoms with van der Waals surface area (Å²) in [6.07, 6.45) is 2.59. The van der Waals surface area contributed by atoms with Gasteiger partial charge >= 0.3 is 5.97 Å². The standard InChI is InChI=1S/C15H16O3/c1-10(16)18-14-7-6-13(17)15(14)9-8-11-4-2-3-5-12(11)15/h2-5,14H,6-9H2,1H3/t14-,15-/m1/s1. The Balaban J connectivity index is 2.07. The Hall–Kier alpha value is -1.64. The summed E-state index contributed by atoms with van der Waals surface area (Å²) in [6, 6.07) is 8.04. The van der Waals surface area contributed by atoms with E-state index >= 15 is 0 Å². The van der Waals surface area contributed by atoms with Crippen molar-refractivity contribution in [2.75, 3.05) is 0 Å². The molecule has 3 heteroatoms. The molecule has 18 heavy (non-hydrogen) atoms. The van der Waals surface area contributed by atoms with Crippen LogP contribution in [0.15, 0.2) is 24.3 Å². The van der Waals surface area contributed by atoms with Crippen LogP contribution in [-0.2, 0) is 26.2 Å². The minimum atomic E-state index is -0.553. The monoisotopic (exact) mass is 244 g/mol. The van der Waals surface area contributed by atoms with E-state index in [0.717, 1.165) is 18.4 Å². The van der Waals surface area contributed by atoms with Crippen LogP contribution in [0.2, 0.25) is 0 Å². The number of fused-ring (bicyclic) bond motifs is 2. The molecule has 0 saturated heterocycles. The number of rotatable bonds is 1. The fraction of sp³-hybridized carbons (Fsp3) is 0.467. The molecular weight excluding hydrogens is 228 g/mol. The summed E-state index contributed by atoms with van der Waals surface area (Å²) in [4.78, 5) is 23.6. The van der Waals surface area contributed by atoms with Crippen LogP contribution in [0.4, 0.5) is 0 Å². The number of benzene rings is 1. The molecule has 0 radical (unpaired) electrons. The van der Waals surface area contributed by atoms with Crippen LogP contribution in [0, 0.1) is 0 Å². The van der Waals surface area contributed by atoms with Crippen LogP contribution in [0.25, 0.3) is 0 Å². The molecule has 0 heterocycles. The lowest BCUT2D eigenvalue weighted by atomic mass is 9.77. The second-order valence-electron chi connectivity index (χ2n) is 5.19. The van der Waals surface area contributed by atoms with Crippen molar-refractivity contribution in [1.82, 2.24) is 0 Å². The number of ether oxygens (including phenoxy) is 1. The highest BCUT2D eigenvalue weighted by atomic mass is 16.5. The van der Waals surface area contributed by atoms with E-state index in [1.165, 1.54) is 12.5 Å². The van der Waals surface area contributed by atoms with Crippen molar-refractivity contribution in [1.29, 1.82) is 0 Å². The summed E-state index contributed by atoms with van der Waals surface area (Å²) < 4.78 is 5.42. The Morgan fingerprint density at radius 3 is 2.89 bits per heavy atom. The molecular formula is C15H16O3. The van der Waals surface area contributed by atoms with Gasteiger partial charge in [-0.3, -0.25) is 9.59 Å². The number of hydrogen-bond donors (Lipinski definition) is 0. The number of aryl methyl sites for hydroxylation is 1. The molecule has 3 nitrogen and oxygen atoms in total. The Bertz CT molecular complexity index is 520. The quantitative estimate of drug-likeness (QED) is 0.711. The lowest BCUT2D eigenvalue weighted by molar-refractivity contribution is -0.150. The van der Waals surface area contributed by atoms with Gasteiger partial charge in [-0.25, -0.2) is 0 Å². The van der Waals surface area contributed by atoms with Crippen LogP contribution < -0.4 is 0 Å². The minimum Gasteiger partial charge on any atom is -0.461 e. The molecule has 0 bridgehead atoms. The molecule has 2 atom stereocenters. The number of hydrogen-bond acceptors (Lipinski definition) is 3. The first-order chi connectivity index (χ1) is 8.64. The van der Waals surface area contributed by atoms with E-state index in [1.807, 2.05) is 18.2 Å². The molecule has 0 unspecified atom stereocenters. The maximum Gasteiger partial charge on any atom is 0.302 e. The third kappa shape index (κ3) is 1.43. The molecule has 1 saturated carbocycles. The van der Waals surface area contributed by atoms with Gasteiger partial charge in [0.15, 0.2) is 0 Å². The fourth-order valence-corrected chi connectivity index (χ4v) is 3.54. The van der Waals surface area contributed by atoms with Gasteiger partial charge in [0.25, 0.3) is 0 Å². The first kappa shape index (κ1) is 11.5. The van der Waals surface area contributed by atoms with Gasteiger partial charge in [0, 0.05) is 13.3 Å². The number of carbonyl (C=O) groups is 2. The normalized spacial score (nSPS) is 29.6. The maximum atomic E-state index is 12.4. The molecule has 0 aliphatic heterocycles. The molecule has 1 spiro atoms. The fourth-order valence-electron chi connectivity index (χ4n) is 3.54. The maximum absolute atomic E-state index is 12.4. The van der Waals surface area contributed by atoms with E-state index in [-0.39, 0.29) is 17.9 Å². The third-order valence-corrected chi connectivity index (χ3v) is 4.28. The zero-order valence-corrected chi connectivity index (χ0v) is 10.4. The first-order valence-electron chi connectivity index (χ1n) is 6.43. The average molecular weight is 244 g/mol. The summed E-state index contributed by atoms with van der Waals surface area (Å²) in [5.74, 6) is -0.0582. The summed E-state index contributed by atoms with van der Waals surface area (Å²) >= 11 is 0. The smallest absolute Gasteiger partial charge is 0.302 e. The zero-order chi connectivity index (χ0) is 12.8. The molecule has 0 N–H and O–H groups in total. The summed E-state index contributed by atoms with van der Waals surface area (Å²) in [7, 11) is 0. The molecule has 2 aliphatic carbocycles. The van der Waals surface area contributed by atoms with E-state index in [0.29, 0.717) is 12.8 Å². The topological polar surface area (TPSA) is 43.4 Å². The van der Waals surface area contributed by atoms with E-state index in [4.69, 9.17) is 4.74 Å². The van der Waals surface area contributed by atoms with Gasteiger partial charge in [-0.1, -0.05) is 24.3 Å². The highest BCUT2D eigenvalue weighted by molar-refractivity contribution is 5.94. The highest BCUT2D eigenvalue weighted by Gasteiger charge is 2.55. The van der Waals surface area contributed by atoms with Crippen molar-refractivity contribution in [3.63, 3.8) is 0 Å². The van der Waals surface area contributed by atoms with Crippen molar-refractivity contribution in [2.45, 2.75) is 44.1 Å². The Kier molecular flexibility index (Phi) is 2.51. The van der Waals surface area contributed by atoms with Crippen LogP contribution >= 0.6 is 0 Å². The lowest BCUT2D eigenvalue weighted by Gasteiger charge is -2.30. The molecule has 94 valence electrons. The zero-order valence-electron chi connectivity index (χ0n) is 10.4. The average Bonchev–Trinajstić information content (AvgIpc) is 2.87. The van der Waals surface area contributed by atoms with Crippen molar-refractivity contribution < 1.29 is 14.3 Å². The Morgan fingerprint density at radius 2 is 2.11 bits per heavy atom. The summed E-state index contributed by atoms with van der Waals surface area (Å²) in [5, 5.41) is 0. The van der Waals surface area contributed by atoms with Gasteiger partial charge in [0.1, 0.15) is 11.9 Å². The minimum absolute atomic E-state index is 0.235. The Morgan fingerprint density at radius 1 is 1.33 bits per heavy atom. The molecule has 1 aromatic rings. The molecule has 3 rings (SSSR count). The van der Waals surface area contributed by atoms with E-state index in [1.54, 1.807) is 0 Å². The predicted octanol–water partition coefficient (Wildman–Crippen LogP) is 2.17. The molecule has 0 aromatic heterocycles. The molecule has 0 amide bonds. The first-order valence-corrected chi connectivity index (χ1v) is 6.43. The molecule has 1 aromatic carbocycles. The Labute approximate surface area is 106 Å². The highest BCUT2D eigenvalue weighted by Crippen LogP contribution is 2.49. The molecule has 1 fully saturated rings. The van der Waals surface area contributed by atoms with Crippen molar-refractivity contribution in [2.24, 2.45) is 0 Å². The lowest BCUT2D eigenvalue weighted by Crippen LogP contribution is -2.41. The number of carbonyl (C=O) groups excluding carboxylic acids is 2. The number of ketones is 1. The van der Waals surface area contributed by atoms with Gasteiger partial charge in [0.05, 0.1) is 5.41 Å². The third-order valence-electron chi connectivity index (χ3n) is 4.28. The summed E-state index contributed by atoms with van der Waals surface area (Å²) in [5.41, 5.74) is 1.76. The van der Waals surface area contributed by atoms with E-state index < -0.39 is 5.41 Å². The van der Waals surface area contributed by atoms with Crippen LogP contribution in [-0.4, -0.2) is 17.9 Å². The van der Waals surface area contributed by atoms with Crippen LogP contribution in [0.1, 0.15) is 37.3 Å². The molecule has 2 aliphatic rings. The van der Waals surface area contributed by atoms with Gasteiger partial charge in [-0.05, 0) is 30.4 Å². The predicted molar refractivity (Wildman–Crippen MR) is 66.2 cm³/mol. The largest absolute Gasteiger partial charge is 0.461 e. The van der Waals surface area contributed by atoms with E-state index in [2.05, 4.69) is 6.07 Å². The van der Waals surface area contributed by atoms with Gasteiger partial charge < -0.3 is 4.74 Å². The van der Waals surface area contributed by atoms with Crippen LogP contribution in [0.5, 0.6) is 0 Å². The van der Waals surface area contributed by atoms with Crippen molar-refractivity contribution in [3.05, 3.63) is 35.4 Å². The number of Topliss-reactive ketones (excluding diaryl/α,β-unsaturated/α-hetero) is 1. The van der Waals surface area contributed by atoms with Gasteiger partial charge in [-0.2, -0.15) is 0 Å².